The number of carbonyl (C=O) groups is 1. The van der Waals surface area contributed by atoms with Crippen LogP contribution in [-0.2, 0) is 10.3 Å². The maximum Gasteiger partial charge on any atom is 0.242 e. The third-order valence-electron chi connectivity index (χ3n) is 2.85. The lowest BCUT2D eigenvalue weighted by Gasteiger charge is -2.27. The summed E-state index contributed by atoms with van der Waals surface area (Å²) in [4.78, 5) is 15.2. The van der Waals surface area contributed by atoms with E-state index in [4.69, 9.17) is 5.73 Å². The summed E-state index contributed by atoms with van der Waals surface area (Å²) in [5, 5.41) is 3.13. The predicted octanol–water partition coefficient (Wildman–Crippen LogP) is 0.673. The van der Waals surface area contributed by atoms with E-state index in [9.17, 15) is 9.18 Å². The van der Waals surface area contributed by atoms with Gasteiger partial charge in [0.25, 0.3) is 0 Å². The van der Waals surface area contributed by atoms with E-state index in [1.165, 1.54) is 12.3 Å². The quantitative estimate of drug-likeness (QED) is 0.788. The van der Waals surface area contributed by atoms with Crippen molar-refractivity contribution < 1.29 is 9.18 Å². The van der Waals surface area contributed by atoms with E-state index in [1.807, 2.05) is 0 Å². The number of amides is 1. The fourth-order valence-corrected chi connectivity index (χ4v) is 1.62. The first-order chi connectivity index (χ1) is 7.52. The number of hydrogen-bond donors (Lipinski definition) is 2. The summed E-state index contributed by atoms with van der Waals surface area (Å²) in [6, 6.07) is 1.58. The minimum absolute atomic E-state index is 0.292. The molecule has 4 nitrogen and oxygen atoms in total. The molecule has 1 fully saturated rings. The van der Waals surface area contributed by atoms with E-state index in [0.29, 0.717) is 11.6 Å². The predicted molar refractivity (Wildman–Crippen MR) is 56.9 cm³/mol. The molecule has 0 spiro atoms. The van der Waals surface area contributed by atoms with Crippen molar-refractivity contribution in [2.24, 2.45) is 5.73 Å². The molecule has 1 aliphatic carbocycles. The van der Waals surface area contributed by atoms with Crippen LogP contribution in [-0.4, -0.2) is 16.9 Å². The molecule has 1 amide bonds. The zero-order valence-corrected chi connectivity index (χ0v) is 9.03. The second-order valence-corrected chi connectivity index (χ2v) is 4.30. The van der Waals surface area contributed by atoms with Crippen LogP contribution in [0.2, 0.25) is 0 Å². The highest BCUT2D eigenvalue weighted by molar-refractivity contribution is 5.85. The first kappa shape index (κ1) is 11.0. The van der Waals surface area contributed by atoms with Crippen LogP contribution >= 0.6 is 0 Å². The molecular weight excluding hydrogens is 209 g/mol. The number of nitrogens with zero attached hydrogens (tertiary/aromatic N) is 1. The van der Waals surface area contributed by atoms with E-state index in [0.717, 1.165) is 19.0 Å². The standard InChI is InChI=1S/C11H14FN3O/c1-11(10(13)16,15-9-2-3-9)7-4-8(12)6-14-5-7/h4-6,9,15H,2-3H2,1H3,(H2,13,16). The Morgan fingerprint density at radius 3 is 2.81 bits per heavy atom. The third kappa shape index (κ3) is 2.04. The van der Waals surface area contributed by atoms with Crippen LogP contribution in [0.1, 0.15) is 25.3 Å². The van der Waals surface area contributed by atoms with E-state index in [-0.39, 0.29) is 0 Å². The van der Waals surface area contributed by atoms with E-state index >= 15 is 0 Å². The van der Waals surface area contributed by atoms with Gasteiger partial charge in [0.15, 0.2) is 0 Å². The maximum absolute atomic E-state index is 13.1. The number of rotatable bonds is 4. The Hall–Kier alpha value is -1.49. The van der Waals surface area contributed by atoms with Crippen LogP contribution in [0.4, 0.5) is 4.39 Å². The number of halogens is 1. The van der Waals surface area contributed by atoms with Crippen molar-refractivity contribution in [2.75, 3.05) is 0 Å². The number of primary amides is 1. The minimum Gasteiger partial charge on any atom is -0.368 e. The summed E-state index contributed by atoms with van der Waals surface area (Å²) in [5.41, 5.74) is 4.80. The summed E-state index contributed by atoms with van der Waals surface area (Å²) < 4.78 is 13.1. The molecular formula is C11H14FN3O. The van der Waals surface area contributed by atoms with Crippen LogP contribution in [0.15, 0.2) is 18.5 Å². The van der Waals surface area contributed by atoms with Crippen molar-refractivity contribution in [1.82, 2.24) is 10.3 Å². The zero-order chi connectivity index (χ0) is 11.8. The van der Waals surface area contributed by atoms with Gasteiger partial charge in [-0.05, 0) is 25.8 Å². The van der Waals surface area contributed by atoms with Crippen LogP contribution in [0, 0.1) is 5.82 Å². The number of hydrogen-bond acceptors (Lipinski definition) is 3. The van der Waals surface area contributed by atoms with Gasteiger partial charge in [-0.1, -0.05) is 0 Å². The van der Waals surface area contributed by atoms with E-state index in [1.54, 1.807) is 6.92 Å². The Bertz CT molecular complexity index is 419. The molecule has 2 rings (SSSR count). The van der Waals surface area contributed by atoms with Gasteiger partial charge < -0.3 is 5.73 Å². The molecule has 1 heterocycles. The molecule has 1 unspecified atom stereocenters. The number of pyridine rings is 1. The van der Waals surface area contributed by atoms with Crippen molar-refractivity contribution >= 4 is 5.91 Å². The molecule has 0 aliphatic heterocycles. The summed E-state index contributed by atoms with van der Waals surface area (Å²) in [5.74, 6) is -0.991. The molecule has 16 heavy (non-hydrogen) atoms. The molecule has 86 valence electrons. The Morgan fingerprint density at radius 1 is 1.62 bits per heavy atom. The number of aromatic nitrogens is 1. The Morgan fingerprint density at radius 2 is 2.31 bits per heavy atom. The molecule has 5 heteroatoms. The highest BCUT2D eigenvalue weighted by Gasteiger charge is 2.38. The van der Waals surface area contributed by atoms with Crippen LogP contribution in [0.5, 0.6) is 0 Å². The van der Waals surface area contributed by atoms with Gasteiger partial charge in [-0.15, -0.1) is 0 Å². The normalized spacial score (nSPS) is 19.1. The lowest BCUT2D eigenvalue weighted by molar-refractivity contribution is -0.124. The first-order valence-electron chi connectivity index (χ1n) is 5.21. The smallest absolute Gasteiger partial charge is 0.242 e. The van der Waals surface area contributed by atoms with Gasteiger partial charge in [0.05, 0.1) is 6.20 Å². The summed E-state index contributed by atoms with van der Waals surface area (Å²) in [6.45, 7) is 1.66. The average Bonchev–Trinajstić information content (AvgIpc) is 3.01. The zero-order valence-electron chi connectivity index (χ0n) is 9.03. The molecule has 1 saturated carbocycles. The van der Waals surface area contributed by atoms with Gasteiger partial charge in [0, 0.05) is 17.8 Å². The largest absolute Gasteiger partial charge is 0.368 e. The van der Waals surface area contributed by atoms with Crippen molar-refractivity contribution in [1.29, 1.82) is 0 Å². The Kier molecular flexibility index (Phi) is 2.63. The van der Waals surface area contributed by atoms with Crippen molar-refractivity contribution in [3.63, 3.8) is 0 Å². The molecule has 0 radical (unpaired) electrons. The summed E-state index contributed by atoms with van der Waals surface area (Å²) in [7, 11) is 0. The number of nitrogens with one attached hydrogen (secondary N) is 1. The van der Waals surface area contributed by atoms with E-state index in [2.05, 4.69) is 10.3 Å². The molecule has 3 N–H and O–H groups in total. The number of carbonyl (C=O) groups excluding carboxylic acids is 1. The monoisotopic (exact) mass is 223 g/mol. The van der Waals surface area contributed by atoms with Crippen molar-refractivity contribution in [2.45, 2.75) is 31.3 Å². The Balaban J connectivity index is 2.33. The first-order valence-corrected chi connectivity index (χ1v) is 5.21. The fourth-order valence-electron chi connectivity index (χ4n) is 1.62. The lowest BCUT2D eigenvalue weighted by Crippen LogP contribution is -2.51. The highest BCUT2D eigenvalue weighted by Crippen LogP contribution is 2.28. The van der Waals surface area contributed by atoms with E-state index < -0.39 is 17.3 Å². The second-order valence-electron chi connectivity index (χ2n) is 4.30. The fraction of sp³-hybridized carbons (Fsp3) is 0.455. The van der Waals surface area contributed by atoms with Crippen LogP contribution < -0.4 is 11.1 Å². The van der Waals surface area contributed by atoms with Gasteiger partial charge in [-0.25, -0.2) is 4.39 Å². The third-order valence-corrected chi connectivity index (χ3v) is 2.85. The molecule has 1 aliphatic rings. The molecule has 1 aromatic rings. The Labute approximate surface area is 93.1 Å². The summed E-state index contributed by atoms with van der Waals surface area (Å²) >= 11 is 0. The van der Waals surface area contributed by atoms with Gasteiger partial charge >= 0.3 is 0 Å². The van der Waals surface area contributed by atoms with Gasteiger partial charge in [-0.3, -0.25) is 15.1 Å². The van der Waals surface area contributed by atoms with Gasteiger partial charge in [0.1, 0.15) is 11.4 Å². The molecule has 0 aromatic carbocycles. The van der Waals surface area contributed by atoms with Gasteiger partial charge in [0.2, 0.25) is 5.91 Å². The topological polar surface area (TPSA) is 68.0 Å². The average molecular weight is 223 g/mol. The highest BCUT2D eigenvalue weighted by atomic mass is 19.1. The van der Waals surface area contributed by atoms with Gasteiger partial charge in [-0.2, -0.15) is 0 Å². The molecule has 0 saturated heterocycles. The maximum atomic E-state index is 13.1. The minimum atomic E-state index is -1.05. The van der Waals surface area contributed by atoms with Crippen molar-refractivity contribution in [3.05, 3.63) is 29.8 Å². The molecule has 0 bridgehead atoms. The van der Waals surface area contributed by atoms with Crippen LogP contribution in [0.3, 0.4) is 0 Å². The number of nitrogens with two attached hydrogens (primary N) is 1. The lowest BCUT2D eigenvalue weighted by atomic mass is 9.92. The summed E-state index contributed by atoms with van der Waals surface area (Å²) in [6.07, 6.45) is 4.60. The second kappa shape index (κ2) is 3.83. The van der Waals surface area contributed by atoms with Crippen LogP contribution in [0.25, 0.3) is 0 Å². The van der Waals surface area contributed by atoms with Crippen molar-refractivity contribution in [3.8, 4) is 0 Å². The SMILES string of the molecule is CC(NC1CC1)(C(N)=O)c1cncc(F)c1. The molecule has 1 atom stereocenters. The molecule has 1 aromatic heterocycles.